The molecule has 0 saturated carbocycles. The maximum absolute atomic E-state index is 12.6. The van der Waals surface area contributed by atoms with Gasteiger partial charge in [-0.1, -0.05) is 38.1 Å². The van der Waals surface area contributed by atoms with E-state index in [1.807, 2.05) is 0 Å². The van der Waals surface area contributed by atoms with Crippen LogP contribution in [0.2, 0.25) is 0 Å². The molecule has 0 spiro atoms. The summed E-state index contributed by atoms with van der Waals surface area (Å²) in [6.45, 7) is 4.39. The van der Waals surface area contributed by atoms with Crippen LogP contribution in [0.1, 0.15) is 70.7 Å². The van der Waals surface area contributed by atoms with Gasteiger partial charge in [-0.2, -0.15) is 0 Å². The predicted molar refractivity (Wildman–Crippen MR) is 95.3 cm³/mol. The number of carbonyl (C=O) groups excluding carboxylic acids is 1. The highest BCUT2D eigenvalue weighted by Crippen LogP contribution is 2.41. The molecule has 4 heteroatoms. The van der Waals surface area contributed by atoms with Crippen molar-refractivity contribution in [2.75, 3.05) is 5.32 Å². The summed E-state index contributed by atoms with van der Waals surface area (Å²) in [5.74, 6) is 0.602. The summed E-state index contributed by atoms with van der Waals surface area (Å²) in [5.41, 5.74) is 4.62. The number of fused-ring (bicyclic) bond motifs is 3. The van der Waals surface area contributed by atoms with Gasteiger partial charge in [-0.3, -0.25) is 4.79 Å². The SMILES string of the molecule is CC(C)c1ccc(C2NC(=O)c3c(sc4c3CCCC4)N2)cc1. The molecule has 1 aromatic carbocycles. The van der Waals surface area contributed by atoms with Crippen LogP contribution < -0.4 is 10.6 Å². The van der Waals surface area contributed by atoms with Crippen LogP contribution in [-0.4, -0.2) is 5.91 Å². The third kappa shape index (κ3) is 2.55. The zero-order chi connectivity index (χ0) is 16.0. The van der Waals surface area contributed by atoms with E-state index in [-0.39, 0.29) is 12.1 Å². The van der Waals surface area contributed by atoms with Gasteiger partial charge < -0.3 is 10.6 Å². The zero-order valence-electron chi connectivity index (χ0n) is 13.6. The number of thiophene rings is 1. The monoisotopic (exact) mass is 326 g/mol. The minimum atomic E-state index is -0.128. The van der Waals surface area contributed by atoms with E-state index in [1.54, 1.807) is 11.3 Å². The molecule has 3 nitrogen and oxygen atoms in total. The van der Waals surface area contributed by atoms with Gasteiger partial charge in [0.2, 0.25) is 0 Å². The van der Waals surface area contributed by atoms with Gasteiger partial charge in [0.05, 0.1) is 5.56 Å². The molecule has 1 atom stereocenters. The van der Waals surface area contributed by atoms with Crippen LogP contribution in [0.3, 0.4) is 0 Å². The van der Waals surface area contributed by atoms with E-state index >= 15 is 0 Å². The van der Waals surface area contributed by atoms with Crippen molar-refractivity contribution in [2.45, 2.75) is 51.6 Å². The van der Waals surface area contributed by atoms with E-state index in [4.69, 9.17) is 0 Å². The second-order valence-electron chi connectivity index (χ2n) is 6.79. The Hall–Kier alpha value is -1.81. The van der Waals surface area contributed by atoms with Crippen LogP contribution in [-0.2, 0) is 12.8 Å². The van der Waals surface area contributed by atoms with Gasteiger partial charge in [0.15, 0.2) is 0 Å². The smallest absolute Gasteiger partial charge is 0.256 e. The van der Waals surface area contributed by atoms with Crippen molar-refractivity contribution in [1.29, 1.82) is 0 Å². The first-order valence-electron chi connectivity index (χ1n) is 8.45. The summed E-state index contributed by atoms with van der Waals surface area (Å²) in [5, 5.41) is 7.72. The molecule has 2 heterocycles. The van der Waals surface area contributed by atoms with Crippen molar-refractivity contribution in [2.24, 2.45) is 0 Å². The standard InChI is InChI=1S/C19H22N2OS/c1-11(2)12-7-9-13(10-8-12)17-20-18(22)16-14-5-3-4-6-15(14)23-19(16)21-17/h7-11,17,21H,3-6H2,1-2H3,(H,20,22). The van der Waals surface area contributed by atoms with Crippen LogP contribution in [0.5, 0.6) is 0 Å². The van der Waals surface area contributed by atoms with E-state index in [1.165, 1.54) is 28.8 Å². The Kier molecular flexibility index (Phi) is 3.64. The molecule has 1 amide bonds. The molecule has 120 valence electrons. The first-order valence-corrected chi connectivity index (χ1v) is 9.27. The van der Waals surface area contributed by atoms with Gasteiger partial charge in [-0.25, -0.2) is 0 Å². The van der Waals surface area contributed by atoms with Crippen LogP contribution in [0.25, 0.3) is 0 Å². The number of amides is 1. The Morgan fingerprint density at radius 1 is 1.09 bits per heavy atom. The molecule has 0 fully saturated rings. The Bertz CT molecular complexity index is 745. The molecule has 0 saturated heterocycles. The molecule has 0 bridgehead atoms. The van der Waals surface area contributed by atoms with Gasteiger partial charge >= 0.3 is 0 Å². The third-order valence-electron chi connectivity index (χ3n) is 4.89. The lowest BCUT2D eigenvalue weighted by molar-refractivity contribution is 0.0935. The molecule has 2 N–H and O–H groups in total. The Morgan fingerprint density at radius 3 is 2.57 bits per heavy atom. The molecule has 1 aliphatic carbocycles. The lowest BCUT2D eigenvalue weighted by atomic mass is 9.94. The number of rotatable bonds is 2. The predicted octanol–water partition coefficient (Wildman–Crippen LogP) is 4.60. The number of carbonyl (C=O) groups is 1. The highest BCUT2D eigenvalue weighted by molar-refractivity contribution is 7.16. The van der Waals surface area contributed by atoms with Crippen LogP contribution in [0, 0.1) is 0 Å². The topological polar surface area (TPSA) is 41.1 Å². The molecule has 2 aliphatic rings. The number of hydrogen-bond donors (Lipinski definition) is 2. The average Bonchev–Trinajstić information content (AvgIpc) is 2.93. The third-order valence-corrected chi connectivity index (χ3v) is 6.11. The fourth-order valence-electron chi connectivity index (χ4n) is 3.52. The van der Waals surface area contributed by atoms with Crippen molar-refractivity contribution in [1.82, 2.24) is 5.32 Å². The Balaban J connectivity index is 1.64. The molecule has 23 heavy (non-hydrogen) atoms. The van der Waals surface area contributed by atoms with Crippen LogP contribution in [0.4, 0.5) is 5.00 Å². The van der Waals surface area contributed by atoms with Gasteiger partial charge in [-0.15, -0.1) is 11.3 Å². The van der Waals surface area contributed by atoms with Crippen molar-refractivity contribution in [3.8, 4) is 0 Å². The van der Waals surface area contributed by atoms with Gasteiger partial charge in [0.25, 0.3) is 5.91 Å². The summed E-state index contributed by atoms with van der Waals surface area (Å²) in [4.78, 5) is 14.0. The highest BCUT2D eigenvalue weighted by Gasteiger charge is 2.31. The van der Waals surface area contributed by atoms with Crippen LogP contribution in [0.15, 0.2) is 24.3 Å². The number of hydrogen-bond acceptors (Lipinski definition) is 3. The molecule has 1 aliphatic heterocycles. The summed E-state index contributed by atoms with van der Waals surface area (Å²) in [7, 11) is 0. The van der Waals surface area contributed by atoms with Gasteiger partial charge in [0.1, 0.15) is 11.2 Å². The molecular weight excluding hydrogens is 304 g/mol. The van der Waals surface area contributed by atoms with Crippen LogP contribution >= 0.6 is 11.3 Å². The number of benzene rings is 1. The lowest BCUT2D eigenvalue weighted by Crippen LogP contribution is -2.38. The summed E-state index contributed by atoms with van der Waals surface area (Å²) >= 11 is 1.78. The first kappa shape index (κ1) is 14.8. The highest BCUT2D eigenvalue weighted by atomic mass is 32.1. The first-order chi connectivity index (χ1) is 11.1. The summed E-state index contributed by atoms with van der Waals surface area (Å²) in [6.07, 6.45) is 4.48. The summed E-state index contributed by atoms with van der Waals surface area (Å²) < 4.78 is 0. The van der Waals surface area contributed by atoms with Crippen molar-refractivity contribution >= 4 is 22.2 Å². The Morgan fingerprint density at radius 2 is 1.83 bits per heavy atom. The van der Waals surface area contributed by atoms with E-state index < -0.39 is 0 Å². The largest absolute Gasteiger partial charge is 0.353 e. The molecular formula is C19H22N2OS. The number of aryl methyl sites for hydroxylation is 1. The van der Waals surface area contributed by atoms with Crippen molar-refractivity contribution in [3.63, 3.8) is 0 Å². The van der Waals surface area contributed by atoms with Gasteiger partial charge in [0, 0.05) is 4.88 Å². The molecule has 2 aromatic rings. The number of anilines is 1. The fraction of sp³-hybridized carbons (Fsp3) is 0.421. The number of nitrogens with one attached hydrogen (secondary N) is 2. The van der Waals surface area contributed by atoms with E-state index in [2.05, 4.69) is 48.7 Å². The minimum absolute atomic E-state index is 0.0797. The van der Waals surface area contributed by atoms with Crippen molar-refractivity contribution in [3.05, 3.63) is 51.4 Å². The molecule has 1 aromatic heterocycles. The quantitative estimate of drug-likeness (QED) is 0.846. The maximum Gasteiger partial charge on any atom is 0.256 e. The lowest BCUT2D eigenvalue weighted by Gasteiger charge is -2.27. The second kappa shape index (κ2) is 5.68. The molecule has 0 radical (unpaired) electrons. The second-order valence-corrected chi connectivity index (χ2v) is 7.89. The molecule has 4 rings (SSSR count). The van der Waals surface area contributed by atoms with Crippen molar-refractivity contribution < 1.29 is 4.79 Å². The van der Waals surface area contributed by atoms with E-state index in [0.29, 0.717) is 5.92 Å². The molecule has 1 unspecified atom stereocenters. The van der Waals surface area contributed by atoms with Gasteiger partial charge in [-0.05, 0) is 48.3 Å². The maximum atomic E-state index is 12.6. The normalized spacial score (nSPS) is 19.8. The average molecular weight is 326 g/mol. The fourth-order valence-corrected chi connectivity index (χ4v) is 4.83. The summed E-state index contributed by atoms with van der Waals surface area (Å²) in [6, 6.07) is 8.54. The Labute approximate surface area is 141 Å². The van der Waals surface area contributed by atoms with E-state index in [9.17, 15) is 4.79 Å². The van der Waals surface area contributed by atoms with E-state index in [0.717, 1.165) is 29.0 Å². The zero-order valence-corrected chi connectivity index (χ0v) is 14.4. The minimum Gasteiger partial charge on any atom is -0.353 e.